The maximum atomic E-state index is 10.4. The van der Waals surface area contributed by atoms with Crippen LogP contribution in [0.15, 0.2) is 18.2 Å². The van der Waals surface area contributed by atoms with E-state index in [0.717, 1.165) is 17.7 Å². The minimum atomic E-state index is -1.65. The van der Waals surface area contributed by atoms with Crippen LogP contribution in [-0.4, -0.2) is 124 Å². The van der Waals surface area contributed by atoms with E-state index in [1.165, 1.54) is 0 Å². The number of rotatable bonds is 8. The fraction of sp³-hybridized carbons (Fsp3) is 0.727. The topological polar surface area (TPSA) is 214 Å². The Morgan fingerprint density at radius 3 is 2.23 bits per heavy atom. The zero-order valence-corrected chi connectivity index (χ0v) is 18.9. The molecule has 0 radical (unpaired) electrons. The zero-order valence-electron chi connectivity index (χ0n) is 18.9. The first-order chi connectivity index (χ1) is 16.7. The van der Waals surface area contributed by atoms with Crippen LogP contribution in [0.3, 0.4) is 0 Å². The van der Waals surface area contributed by atoms with Gasteiger partial charge in [-0.1, -0.05) is 12.1 Å². The number of fused-ring (bicyclic) bond motifs is 1. The van der Waals surface area contributed by atoms with Gasteiger partial charge in [0.25, 0.3) is 0 Å². The van der Waals surface area contributed by atoms with Gasteiger partial charge >= 0.3 is 0 Å². The molecule has 13 nitrogen and oxygen atoms in total. The number of aliphatic hydroxyl groups excluding tert-OH is 7. The molecule has 0 aromatic heterocycles. The van der Waals surface area contributed by atoms with Gasteiger partial charge in [-0.05, 0) is 17.2 Å². The fourth-order valence-electron chi connectivity index (χ4n) is 4.38. The lowest BCUT2D eigenvalue weighted by molar-refractivity contribution is -0.335. The summed E-state index contributed by atoms with van der Waals surface area (Å²) < 4.78 is 27.8. The van der Waals surface area contributed by atoms with Gasteiger partial charge in [0, 0.05) is 13.0 Å². The lowest BCUT2D eigenvalue weighted by atomic mass is 9.98. The average molecular weight is 504 g/mol. The molecule has 3 aliphatic heterocycles. The van der Waals surface area contributed by atoms with E-state index >= 15 is 0 Å². The second-order valence-corrected chi connectivity index (χ2v) is 8.87. The Hall–Kier alpha value is -1.46. The van der Waals surface area contributed by atoms with Gasteiger partial charge in [0.1, 0.15) is 54.6 Å². The molecule has 1 aromatic carbocycles. The van der Waals surface area contributed by atoms with E-state index in [2.05, 4.69) is 0 Å². The molecular formula is C22H33NO12. The molecule has 3 aliphatic rings. The van der Waals surface area contributed by atoms with E-state index in [-0.39, 0.29) is 6.54 Å². The van der Waals surface area contributed by atoms with Crippen LogP contribution >= 0.6 is 0 Å². The summed E-state index contributed by atoms with van der Waals surface area (Å²) in [5.74, 6) is 0.718. The molecule has 2 fully saturated rings. The van der Waals surface area contributed by atoms with Crippen LogP contribution in [0.5, 0.6) is 5.75 Å². The Kier molecular flexibility index (Phi) is 8.58. The van der Waals surface area contributed by atoms with Crippen molar-refractivity contribution >= 4 is 0 Å². The third-order valence-electron chi connectivity index (χ3n) is 6.55. The number of nitrogens with two attached hydrogens (primary N) is 1. The number of benzene rings is 1. The molecule has 4 rings (SSSR count). The van der Waals surface area contributed by atoms with E-state index in [0.29, 0.717) is 12.2 Å². The number of ether oxygens (including phenoxy) is 5. The summed E-state index contributed by atoms with van der Waals surface area (Å²) in [5, 5.41) is 70.4. The van der Waals surface area contributed by atoms with Gasteiger partial charge in [0.15, 0.2) is 12.6 Å². The van der Waals surface area contributed by atoms with Crippen molar-refractivity contribution in [1.29, 1.82) is 0 Å². The first-order valence-corrected chi connectivity index (χ1v) is 11.5. The molecule has 11 atom stereocenters. The van der Waals surface area contributed by atoms with Crippen molar-refractivity contribution in [1.82, 2.24) is 0 Å². The molecule has 0 aliphatic carbocycles. The number of hydrogen-bond acceptors (Lipinski definition) is 13. The Labute approximate surface area is 201 Å². The van der Waals surface area contributed by atoms with Crippen molar-refractivity contribution in [3.63, 3.8) is 0 Å². The lowest BCUT2D eigenvalue weighted by Crippen LogP contribution is -2.61. The van der Waals surface area contributed by atoms with Crippen LogP contribution < -0.4 is 10.5 Å². The van der Waals surface area contributed by atoms with E-state index < -0.39 is 80.7 Å². The molecule has 1 unspecified atom stereocenters. The Bertz CT molecular complexity index is 843. The molecule has 0 bridgehead atoms. The van der Waals surface area contributed by atoms with Gasteiger partial charge in [-0.3, -0.25) is 0 Å². The highest BCUT2D eigenvalue weighted by atomic mass is 16.7. The molecular weight excluding hydrogens is 470 g/mol. The van der Waals surface area contributed by atoms with E-state index in [1.807, 2.05) is 12.1 Å². The van der Waals surface area contributed by atoms with Gasteiger partial charge in [0.2, 0.25) is 0 Å². The lowest BCUT2D eigenvalue weighted by Gasteiger charge is -2.43. The van der Waals surface area contributed by atoms with Crippen LogP contribution in [0.25, 0.3) is 0 Å². The molecule has 2 saturated heterocycles. The third-order valence-corrected chi connectivity index (χ3v) is 6.55. The molecule has 0 amide bonds. The van der Waals surface area contributed by atoms with Crippen LogP contribution in [0.2, 0.25) is 0 Å². The summed E-state index contributed by atoms with van der Waals surface area (Å²) >= 11 is 0. The van der Waals surface area contributed by atoms with Crippen molar-refractivity contribution in [2.75, 3.05) is 26.4 Å². The summed E-state index contributed by atoms with van der Waals surface area (Å²) in [6.45, 7) is -0.483. The maximum absolute atomic E-state index is 10.4. The minimum absolute atomic E-state index is 0.0239. The average Bonchev–Trinajstić information content (AvgIpc) is 3.34. The second kappa shape index (κ2) is 11.3. The van der Waals surface area contributed by atoms with Crippen LogP contribution in [0, 0.1) is 0 Å². The predicted molar refractivity (Wildman–Crippen MR) is 115 cm³/mol. The van der Waals surface area contributed by atoms with E-state index in [4.69, 9.17) is 29.4 Å². The summed E-state index contributed by atoms with van der Waals surface area (Å²) in [6.07, 6.45) is -14.9. The molecule has 0 spiro atoms. The van der Waals surface area contributed by atoms with E-state index in [1.54, 1.807) is 6.07 Å². The van der Waals surface area contributed by atoms with Gasteiger partial charge in [-0.2, -0.15) is 0 Å². The Morgan fingerprint density at radius 2 is 1.54 bits per heavy atom. The van der Waals surface area contributed by atoms with Gasteiger partial charge < -0.3 is 65.2 Å². The summed E-state index contributed by atoms with van der Waals surface area (Å²) in [4.78, 5) is 0. The quantitative estimate of drug-likeness (QED) is 0.171. The Balaban J connectivity index is 1.41. The SMILES string of the molecule is NCC(O[C@@H]1O[C@H](CO[C@@H]2O[C@H](CO)[C@@H](O)[C@H](O)[C@H]2O)[C@@H](O)[C@H](O)[C@H]1O)c1ccc2c(c1)OCC2. The van der Waals surface area contributed by atoms with Crippen LogP contribution in [-0.2, 0) is 25.4 Å². The molecule has 13 heteroatoms. The number of hydrogen-bond donors (Lipinski definition) is 8. The minimum Gasteiger partial charge on any atom is -0.493 e. The standard InChI is InChI=1S/C22H33NO12/c23-6-12(10-2-1-9-3-4-31-11(9)5-10)33-22-20(30)18(28)16(26)14(35-22)8-32-21-19(29)17(27)15(25)13(7-24)34-21/h1-2,5,12-22,24-30H,3-4,6-8,23H2/t12?,13-,14-,15-,16-,17+,18+,19-,20-,21-,22-/m1/s1. The maximum Gasteiger partial charge on any atom is 0.187 e. The molecule has 198 valence electrons. The Morgan fingerprint density at radius 1 is 0.886 bits per heavy atom. The van der Waals surface area contributed by atoms with Crippen molar-refractivity contribution in [3.05, 3.63) is 29.3 Å². The molecule has 3 heterocycles. The monoisotopic (exact) mass is 503 g/mol. The summed E-state index contributed by atoms with van der Waals surface area (Å²) in [5.41, 5.74) is 7.62. The molecule has 0 saturated carbocycles. The predicted octanol–water partition coefficient (Wildman–Crippen LogP) is -3.74. The first kappa shape index (κ1) is 26.6. The van der Waals surface area contributed by atoms with Crippen molar-refractivity contribution in [2.24, 2.45) is 5.73 Å². The number of aliphatic hydroxyl groups is 7. The van der Waals surface area contributed by atoms with Crippen molar-refractivity contribution < 1.29 is 59.4 Å². The molecule has 1 aromatic rings. The highest BCUT2D eigenvalue weighted by molar-refractivity contribution is 5.40. The molecule has 35 heavy (non-hydrogen) atoms. The molecule has 9 N–H and O–H groups in total. The second-order valence-electron chi connectivity index (χ2n) is 8.87. The highest BCUT2D eigenvalue weighted by Crippen LogP contribution is 2.32. The van der Waals surface area contributed by atoms with Crippen LogP contribution in [0.4, 0.5) is 0 Å². The zero-order chi connectivity index (χ0) is 25.3. The van der Waals surface area contributed by atoms with Gasteiger partial charge in [-0.15, -0.1) is 0 Å². The smallest absolute Gasteiger partial charge is 0.187 e. The third kappa shape index (κ3) is 5.46. The summed E-state index contributed by atoms with van der Waals surface area (Å²) in [7, 11) is 0. The van der Waals surface area contributed by atoms with Crippen molar-refractivity contribution in [2.45, 2.75) is 73.9 Å². The van der Waals surface area contributed by atoms with Gasteiger partial charge in [0.05, 0.1) is 25.9 Å². The normalized spacial score (nSPS) is 40.2. The fourth-order valence-corrected chi connectivity index (χ4v) is 4.38. The van der Waals surface area contributed by atoms with Crippen molar-refractivity contribution in [3.8, 4) is 5.75 Å². The van der Waals surface area contributed by atoms with E-state index in [9.17, 15) is 35.7 Å². The summed E-state index contributed by atoms with van der Waals surface area (Å²) in [6, 6.07) is 5.52. The highest BCUT2D eigenvalue weighted by Gasteiger charge is 2.48. The first-order valence-electron chi connectivity index (χ1n) is 11.5. The largest absolute Gasteiger partial charge is 0.493 e. The van der Waals surface area contributed by atoms with Crippen LogP contribution in [0.1, 0.15) is 17.2 Å². The van der Waals surface area contributed by atoms with Gasteiger partial charge in [-0.25, -0.2) is 0 Å².